The predicted molar refractivity (Wildman–Crippen MR) is 121 cm³/mol. The molecule has 1 unspecified atom stereocenters. The number of nitrogens with zero attached hydrogens (tertiary/aromatic N) is 2. The molecule has 30 heavy (non-hydrogen) atoms. The normalized spacial score (nSPS) is 25.8. The van der Waals surface area contributed by atoms with E-state index in [1.165, 1.54) is 5.56 Å². The molecule has 2 aliphatic heterocycles. The van der Waals surface area contributed by atoms with Gasteiger partial charge in [-0.25, -0.2) is 0 Å². The van der Waals surface area contributed by atoms with Crippen LogP contribution in [0.25, 0.3) is 0 Å². The highest BCUT2D eigenvalue weighted by Gasteiger charge is 2.49. The van der Waals surface area contributed by atoms with Gasteiger partial charge in [0.05, 0.1) is 0 Å². The Morgan fingerprint density at radius 2 is 1.67 bits per heavy atom. The van der Waals surface area contributed by atoms with Crippen molar-refractivity contribution >= 4 is 24.2 Å². The molecule has 2 saturated heterocycles. The van der Waals surface area contributed by atoms with E-state index in [-0.39, 0.29) is 36.1 Å². The van der Waals surface area contributed by atoms with Crippen molar-refractivity contribution in [3.63, 3.8) is 0 Å². The summed E-state index contributed by atoms with van der Waals surface area (Å²) in [6.45, 7) is 4.40. The van der Waals surface area contributed by atoms with E-state index in [0.29, 0.717) is 38.2 Å². The number of likely N-dealkylation sites (tertiary alicyclic amines) is 2. The molecule has 5 nitrogen and oxygen atoms in total. The van der Waals surface area contributed by atoms with Crippen molar-refractivity contribution in [2.24, 2.45) is 11.7 Å². The molecule has 0 radical (unpaired) electrons. The third kappa shape index (κ3) is 3.96. The summed E-state index contributed by atoms with van der Waals surface area (Å²) in [4.78, 5) is 30.5. The zero-order valence-corrected chi connectivity index (χ0v) is 18.2. The second-order valence-electron chi connectivity index (χ2n) is 8.42. The number of amides is 2. The highest BCUT2D eigenvalue weighted by molar-refractivity contribution is 5.99. The molecule has 0 spiro atoms. The van der Waals surface area contributed by atoms with Gasteiger partial charge in [0, 0.05) is 31.1 Å². The Hall–Kier alpha value is -2.37. The summed E-state index contributed by atoms with van der Waals surface area (Å²) in [5, 5.41) is 0. The number of carbonyl (C=O) groups is 2. The number of hydrogen-bond acceptors (Lipinski definition) is 3. The fourth-order valence-electron chi connectivity index (χ4n) is 4.94. The summed E-state index contributed by atoms with van der Waals surface area (Å²) in [5.74, 6) is 0.474. The molecule has 2 N–H and O–H groups in total. The third-order valence-electron chi connectivity index (χ3n) is 6.63. The topological polar surface area (TPSA) is 66.6 Å². The van der Waals surface area contributed by atoms with Gasteiger partial charge in [0.2, 0.25) is 5.91 Å². The smallest absolute Gasteiger partial charge is 0.254 e. The second-order valence-corrected chi connectivity index (χ2v) is 8.42. The minimum Gasteiger partial charge on any atom is -0.340 e. The monoisotopic (exact) mass is 427 g/mol. The van der Waals surface area contributed by atoms with Crippen LogP contribution >= 0.6 is 12.4 Å². The summed E-state index contributed by atoms with van der Waals surface area (Å²) < 4.78 is 0. The van der Waals surface area contributed by atoms with E-state index in [2.05, 4.69) is 12.1 Å². The van der Waals surface area contributed by atoms with Crippen LogP contribution in [0, 0.1) is 5.92 Å². The van der Waals surface area contributed by atoms with Gasteiger partial charge in [-0.05, 0) is 49.9 Å². The van der Waals surface area contributed by atoms with Gasteiger partial charge in [0.25, 0.3) is 5.91 Å². The largest absolute Gasteiger partial charge is 0.340 e. The first-order chi connectivity index (χ1) is 14.0. The second kappa shape index (κ2) is 9.19. The summed E-state index contributed by atoms with van der Waals surface area (Å²) in [7, 11) is 0. The Bertz CT molecular complexity index is 877. The molecule has 3 atom stereocenters. The molecule has 2 amide bonds. The predicted octanol–water partition coefficient (Wildman–Crippen LogP) is 3.30. The Labute approximate surface area is 184 Å². The molecule has 0 aliphatic carbocycles. The molecular weight excluding hydrogens is 398 g/mol. The first kappa shape index (κ1) is 22.3. The van der Waals surface area contributed by atoms with Gasteiger partial charge < -0.3 is 15.5 Å². The summed E-state index contributed by atoms with van der Waals surface area (Å²) in [6, 6.07) is 19.6. The van der Waals surface area contributed by atoms with Crippen molar-refractivity contribution in [3.05, 3.63) is 71.8 Å². The van der Waals surface area contributed by atoms with Crippen molar-refractivity contribution in [2.45, 2.75) is 31.2 Å². The number of hydrogen-bond donors (Lipinski definition) is 1. The zero-order chi connectivity index (χ0) is 20.4. The Morgan fingerprint density at radius 3 is 2.30 bits per heavy atom. The van der Waals surface area contributed by atoms with Gasteiger partial charge >= 0.3 is 0 Å². The Kier molecular flexibility index (Phi) is 6.84. The quantitative estimate of drug-likeness (QED) is 0.814. The van der Waals surface area contributed by atoms with Crippen molar-refractivity contribution < 1.29 is 9.59 Å². The molecule has 6 heteroatoms. The molecule has 0 bridgehead atoms. The number of nitrogens with two attached hydrogens (primary N) is 1. The number of halogens is 1. The third-order valence-corrected chi connectivity index (χ3v) is 6.63. The van der Waals surface area contributed by atoms with Gasteiger partial charge in [-0.2, -0.15) is 0 Å². The van der Waals surface area contributed by atoms with E-state index < -0.39 is 5.54 Å². The van der Waals surface area contributed by atoms with Crippen LogP contribution in [0.5, 0.6) is 0 Å². The molecule has 0 aromatic heterocycles. The standard InChI is InChI=1S/C24H29N3O2.ClH/c1-24(13-8-14-27(24)22(28)19-11-6-3-7-12-19)23(29)26-16-20(15-25)21(17-26)18-9-4-2-5-10-18;/h2-7,9-12,20-21H,8,13-17,25H2,1H3;1H/t20-,21+,24?;/m1./s1. The van der Waals surface area contributed by atoms with Gasteiger partial charge in [-0.3, -0.25) is 9.59 Å². The zero-order valence-electron chi connectivity index (χ0n) is 17.4. The first-order valence-electron chi connectivity index (χ1n) is 10.5. The lowest BCUT2D eigenvalue weighted by molar-refractivity contribution is -0.139. The van der Waals surface area contributed by atoms with Crippen LogP contribution in [-0.2, 0) is 4.79 Å². The van der Waals surface area contributed by atoms with Crippen LogP contribution in [-0.4, -0.2) is 53.3 Å². The average molecular weight is 428 g/mol. The van der Waals surface area contributed by atoms with Crippen molar-refractivity contribution in [2.75, 3.05) is 26.2 Å². The molecule has 0 saturated carbocycles. The van der Waals surface area contributed by atoms with Gasteiger partial charge in [-0.15, -0.1) is 12.4 Å². The lowest BCUT2D eigenvalue weighted by atomic mass is 9.89. The SMILES string of the molecule is CC1(C(=O)N2C[C@@H](CN)[C@H](c3ccccc3)C2)CCCN1C(=O)c1ccccc1.Cl. The Balaban J connectivity index is 0.00000256. The van der Waals surface area contributed by atoms with E-state index in [0.717, 1.165) is 6.42 Å². The number of carbonyl (C=O) groups excluding carboxylic acids is 2. The molecule has 2 fully saturated rings. The molecule has 2 heterocycles. The highest BCUT2D eigenvalue weighted by Crippen LogP contribution is 2.37. The average Bonchev–Trinajstić information content (AvgIpc) is 3.38. The van der Waals surface area contributed by atoms with Gasteiger partial charge in [-0.1, -0.05) is 48.5 Å². The Morgan fingerprint density at radius 1 is 1.03 bits per heavy atom. The van der Waals surface area contributed by atoms with Crippen LogP contribution in [0.4, 0.5) is 0 Å². The van der Waals surface area contributed by atoms with E-state index in [4.69, 9.17) is 5.73 Å². The highest BCUT2D eigenvalue weighted by atomic mass is 35.5. The molecule has 2 aliphatic rings. The lowest BCUT2D eigenvalue weighted by Gasteiger charge is -2.37. The van der Waals surface area contributed by atoms with Crippen LogP contribution < -0.4 is 5.73 Å². The van der Waals surface area contributed by atoms with Gasteiger partial charge in [0.1, 0.15) is 5.54 Å². The summed E-state index contributed by atoms with van der Waals surface area (Å²) in [6.07, 6.45) is 1.54. The van der Waals surface area contributed by atoms with Crippen molar-refractivity contribution in [1.29, 1.82) is 0 Å². The molecule has 2 aromatic rings. The molecule has 4 rings (SSSR count). The number of rotatable bonds is 4. The fraction of sp³-hybridized carbons (Fsp3) is 0.417. The van der Waals surface area contributed by atoms with Crippen molar-refractivity contribution in [1.82, 2.24) is 9.80 Å². The minimum absolute atomic E-state index is 0. The van der Waals surface area contributed by atoms with Crippen LogP contribution in [0.2, 0.25) is 0 Å². The number of benzene rings is 2. The molecule has 160 valence electrons. The van der Waals surface area contributed by atoms with Crippen LogP contribution in [0.1, 0.15) is 41.6 Å². The fourth-order valence-corrected chi connectivity index (χ4v) is 4.94. The van der Waals surface area contributed by atoms with Crippen LogP contribution in [0.3, 0.4) is 0 Å². The minimum atomic E-state index is -0.794. The molecular formula is C24H30ClN3O2. The lowest BCUT2D eigenvalue weighted by Crippen LogP contribution is -2.56. The van der Waals surface area contributed by atoms with Crippen LogP contribution in [0.15, 0.2) is 60.7 Å². The van der Waals surface area contributed by atoms with Gasteiger partial charge in [0.15, 0.2) is 0 Å². The first-order valence-corrected chi connectivity index (χ1v) is 10.5. The van der Waals surface area contributed by atoms with Crippen molar-refractivity contribution in [3.8, 4) is 0 Å². The van der Waals surface area contributed by atoms with E-state index >= 15 is 0 Å². The maximum absolute atomic E-state index is 13.6. The van der Waals surface area contributed by atoms with E-state index in [1.807, 2.05) is 60.4 Å². The van der Waals surface area contributed by atoms with E-state index in [9.17, 15) is 9.59 Å². The summed E-state index contributed by atoms with van der Waals surface area (Å²) in [5.41, 5.74) is 7.13. The maximum Gasteiger partial charge on any atom is 0.254 e. The molecule has 2 aromatic carbocycles. The van der Waals surface area contributed by atoms with E-state index in [1.54, 1.807) is 4.90 Å². The maximum atomic E-state index is 13.6. The summed E-state index contributed by atoms with van der Waals surface area (Å²) >= 11 is 0.